The van der Waals surface area contributed by atoms with Crippen LogP contribution in [0.25, 0.3) is 0 Å². The van der Waals surface area contributed by atoms with Crippen LogP contribution < -0.4 is 17.0 Å². The van der Waals surface area contributed by atoms with Crippen molar-refractivity contribution in [2.24, 2.45) is 0 Å². The molecule has 1 nitrogen and oxygen atoms in total. The molecular formula is C11H14BrFMgO. The molecule has 0 amide bonds. The van der Waals surface area contributed by atoms with Crippen LogP contribution in [0.5, 0.6) is 0 Å². The van der Waals surface area contributed by atoms with Crippen LogP contribution in [0.4, 0.5) is 4.39 Å². The van der Waals surface area contributed by atoms with E-state index in [9.17, 15) is 4.39 Å². The molecule has 0 aliphatic carbocycles. The van der Waals surface area contributed by atoms with E-state index in [2.05, 4.69) is 13.0 Å². The fourth-order valence-electron chi connectivity index (χ4n) is 0.918. The van der Waals surface area contributed by atoms with Crippen molar-refractivity contribution in [3.8, 4) is 0 Å². The van der Waals surface area contributed by atoms with Gasteiger partial charge in [0.2, 0.25) is 0 Å². The van der Waals surface area contributed by atoms with Crippen LogP contribution in [0, 0.1) is 11.9 Å². The van der Waals surface area contributed by atoms with Crippen LogP contribution >= 0.6 is 0 Å². The first-order chi connectivity index (χ1) is 6.22. The summed E-state index contributed by atoms with van der Waals surface area (Å²) in [6, 6.07) is 7.33. The summed E-state index contributed by atoms with van der Waals surface area (Å²) in [6.07, 6.45) is 1.19. The Labute approximate surface area is 117 Å². The van der Waals surface area contributed by atoms with Crippen LogP contribution in [-0.4, -0.2) is 29.2 Å². The van der Waals surface area contributed by atoms with Gasteiger partial charge in [-0.3, -0.25) is 0 Å². The van der Waals surface area contributed by atoms with Crippen LogP contribution in [0.15, 0.2) is 18.2 Å². The molecule has 0 radical (unpaired) electrons. The molecule has 1 unspecified atom stereocenters. The number of benzene rings is 1. The number of hydrogen-bond acceptors (Lipinski definition) is 1. The number of hydrogen-bond donors (Lipinski definition) is 0. The van der Waals surface area contributed by atoms with E-state index in [1.165, 1.54) is 12.1 Å². The van der Waals surface area contributed by atoms with Gasteiger partial charge in [-0.2, -0.15) is 12.1 Å². The zero-order valence-corrected chi connectivity index (χ0v) is 12.1. The molecule has 0 aliphatic heterocycles. The Morgan fingerprint density at radius 1 is 1.53 bits per heavy atom. The molecule has 0 N–H and O–H groups in total. The second kappa shape index (κ2) is 9.57. The second-order valence-electron chi connectivity index (χ2n) is 3.06. The molecule has 1 aromatic carbocycles. The summed E-state index contributed by atoms with van der Waals surface area (Å²) in [5.41, 5.74) is 0.764. The largest absolute Gasteiger partial charge is 2.00 e. The average Bonchev–Trinajstić information content (AvgIpc) is 2.14. The smallest absolute Gasteiger partial charge is 1.00 e. The molecule has 0 spiro atoms. The third-order valence-corrected chi connectivity index (χ3v) is 1.92. The van der Waals surface area contributed by atoms with Gasteiger partial charge in [-0.25, -0.2) is 4.39 Å². The van der Waals surface area contributed by atoms with Crippen LogP contribution in [0.3, 0.4) is 0 Å². The summed E-state index contributed by atoms with van der Waals surface area (Å²) in [7, 11) is 0. The fourth-order valence-corrected chi connectivity index (χ4v) is 0.918. The summed E-state index contributed by atoms with van der Waals surface area (Å²) >= 11 is 0. The molecule has 80 valence electrons. The van der Waals surface area contributed by atoms with Crippen LogP contribution in [-0.2, 0) is 11.3 Å². The van der Waals surface area contributed by atoms with Gasteiger partial charge in [0.05, 0.1) is 6.10 Å². The van der Waals surface area contributed by atoms with E-state index in [-0.39, 0.29) is 52.0 Å². The van der Waals surface area contributed by atoms with Gasteiger partial charge >= 0.3 is 23.1 Å². The van der Waals surface area contributed by atoms with Gasteiger partial charge < -0.3 is 21.7 Å². The maximum Gasteiger partial charge on any atom is 2.00 e. The predicted molar refractivity (Wildman–Crippen MR) is 55.5 cm³/mol. The van der Waals surface area contributed by atoms with Crippen molar-refractivity contribution in [3.05, 3.63) is 35.6 Å². The molecule has 1 aromatic rings. The molecule has 4 heteroatoms. The zero-order chi connectivity index (χ0) is 9.68. The Balaban J connectivity index is 0. The number of rotatable bonds is 4. The minimum absolute atomic E-state index is 0. The van der Waals surface area contributed by atoms with Gasteiger partial charge in [0.25, 0.3) is 0 Å². The molecule has 0 bridgehead atoms. The first-order valence-electron chi connectivity index (χ1n) is 4.50. The molecule has 0 aromatic heterocycles. The van der Waals surface area contributed by atoms with E-state index >= 15 is 0 Å². The molecule has 0 aliphatic rings. The van der Waals surface area contributed by atoms with E-state index in [1.54, 1.807) is 6.07 Å². The standard InChI is InChI=1S/C11H14FO.BrH.Mg/c1-3-9(2)13-8-10-5-4-6-11(12)7-10;;/h4,6-7,9H,3,8H2,1-2H3;1H;/q-1;;+2/p-1. The second-order valence-corrected chi connectivity index (χ2v) is 3.06. The normalized spacial score (nSPS) is 11.1. The summed E-state index contributed by atoms with van der Waals surface area (Å²) in [5.74, 6) is -0.235. The number of halogens is 2. The quantitative estimate of drug-likeness (QED) is 0.539. The molecule has 15 heavy (non-hydrogen) atoms. The SMILES string of the molecule is CCC(C)OCc1[c-]ccc(F)c1.[Br-].[Mg+2]. The molecule has 1 rings (SSSR count). The van der Waals surface area contributed by atoms with E-state index in [4.69, 9.17) is 4.74 Å². The molecule has 0 saturated heterocycles. The Kier molecular flexibility index (Phi) is 11.3. The van der Waals surface area contributed by atoms with E-state index < -0.39 is 0 Å². The van der Waals surface area contributed by atoms with Crippen LogP contribution in [0.2, 0.25) is 0 Å². The Morgan fingerprint density at radius 3 is 2.73 bits per heavy atom. The summed E-state index contributed by atoms with van der Waals surface area (Å²) in [5, 5.41) is 0. The first-order valence-corrected chi connectivity index (χ1v) is 4.50. The van der Waals surface area contributed by atoms with Gasteiger partial charge in [-0.15, -0.1) is 17.7 Å². The van der Waals surface area contributed by atoms with Crippen molar-refractivity contribution in [1.82, 2.24) is 0 Å². The predicted octanol–water partition coefficient (Wildman–Crippen LogP) is -0.436. The zero-order valence-electron chi connectivity index (χ0n) is 9.09. The third kappa shape index (κ3) is 7.28. The van der Waals surface area contributed by atoms with Gasteiger partial charge in [0.1, 0.15) is 0 Å². The molecular weight excluding hydrogens is 271 g/mol. The Bertz CT molecular complexity index is 271. The molecule has 0 fully saturated rings. The van der Waals surface area contributed by atoms with E-state index in [0.29, 0.717) is 6.61 Å². The van der Waals surface area contributed by atoms with E-state index in [0.717, 1.165) is 12.0 Å². The minimum atomic E-state index is -0.235. The Hall–Kier alpha value is 0.356. The summed E-state index contributed by atoms with van der Waals surface area (Å²) in [6.45, 7) is 4.49. The summed E-state index contributed by atoms with van der Waals surface area (Å²) in [4.78, 5) is 0. The fraction of sp³-hybridized carbons (Fsp3) is 0.455. The van der Waals surface area contributed by atoms with Crippen LogP contribution in [0.1, 0.15) is 25.8 Å². The third-order valence-electron chi connectivity index (χ3n) is 1.92. The van der Waals surface area contributed by atoms with Crippen molar-refractivity contribution in [2.45, 2.75) is 33.0 Å². The maximum atomic E-state index is 12.7. The average molecular weight is 285 g/mol. The molecule has 0 heterocycles. The summed E-state index contributed by atoms with van der Waals surface area (Å²) < 4.78 is 18.1. The van der Waals surface area contributed by atoms with Gasteiger partial charge in [-0.1, -0.05) is 6.92 Å². The van der Waals surface area contributed by atoms with Gasteiger partial charge in [0, 0.05) is 12.4 Å². The molecule has 0 saturated carbocycles. The van der Waals surface area contributed by atoms with Crippen molar-refractivity contribution in [3.63, 3.8) is 0 Å². The topological polar surface area (TPSA) is 9.23 Å². The Morgan fingerprint density at radius 2 is 2.20 bits per heavy atom. The number of ether oxygens (including phenoxy) is 1. The minimum Gasteiger partial charge on any atom is -1.00 e. The monoisotopic (exact) mass is 284 g/mol. The van der Waals surface area contributed by atoms with Gasteiger partial charge in [0.15, 0.2) is 0 Å². The van der Waals surface area contributed by atoms with Crippen molar-refractivity contribution >= 4 is 23.1 Å². The molecule has 1 atom stereocenters. The van der Waals surface area contributed by atoms with Crippen molar-refractivity contribution < 1.29 is 26.1 Å². The van der Waals surface area contributed by atoms with Crippen molar-refractivity contribution in [2.75, 3.05) is 0 Å². The van der Waals surface area contributed by atoms with E-state index in [1.807, 2.05) is 6.92 Å². The maximum absolute atomic E-state index is 12.7. The van der Waals surface area contributed by atoms with Crippen molar-refractivity contribution in [1.29, 1.82) is 0 Å². The first kappa shape index (κ1) is 17.7. The van der Waals surface area contributed by atoms with Gasteiger partial charge in [-0.05, 0) is 13.3 Å².